The van der Waals surface area contributed by atoms with Gasteiger partial charge in [-0.1, -0.05) is 133 Å². The maximum Gasteiger partial charge on any atom is 0.145 e. The van der Waals surface area contributed by atoms with Crippen LogP contribution in [0.15, 0.2) is 199 Å². The zero-order valence-corrected chi connectivity index (χ0v) is 28.3. The number of furan rings is 1. The van der Waals surface area contributed by atoms with E-state index >= 15 is 0 Å². The maximum atomic E-state index is 6.81. The van der Waals surface area contributed by atoms with E-state index in [4.69, 9.17) is 4.42 Å². The predicted octanol–water partition coefficient (Wildman–Crippen LogP) is 12.8. The Kier molecular flexibility index (Phi) is 6.17. The minimum Gasteiger partial charge on any atom is -0.455 e. The molecule has 3 nitrogen and oxygen atoms in total. The Balaban J connectivity index is 1.36. The largest absolute Gasteiger partial charge is 0.455 e. The number of anilines is 3. The number of para-hydroxylation sites is 4. The van der Waals surface area contributed by atoms with Crippen LogP contribution in [0, 0.1) is 0 Å². The number of nitrogens with zero attached hydrogens (tertiary/aromatic N) is 2. The second kappa shape index (κ2) is 11.1. The molecule has 0 amide bonds. The van der Waals surface area contributed by atoms with E-state index in [1.54, 1.807) is 0 Å². The van der Waals surface area contributed by atoms with Gasteiger partial charge >= 0.3 is 0 Å². The molecule has 0 spiro atoms. The van der Waals surface area contributed by atoms with Crippen molar-refractivity contribution in [2.45, 2.75) is 5.41 Å². The van der Waals surface area contributed by atoms with E-state index in [0.717, 1.165) is 50.1 Å². The molecule has 0 unspecified atom stereocenters. The Bertz CT molecular complexity index is 2860. The van der Waals surface area contributed by atoms with E-state index in [-0.39, 0.29) is 0 Å². The van der Waals surface area contributed by atoms with E-state index in [1.165, 1.54) is 38.7 Å². The van der Waals surface area contributed by atoms with Crippen LogP contribution in [0.5, 0.6) is 0 Å². The quantitative estimate of drug-likeness (QED) is 0.183. The lowest BCUT2D eigenvalue weighted by atomic mass is 9.63. The van der Waals surface area contributed by atoms with E-state index in [1.807, 2.05) is 0 Å². The third kappa shape index (κ3) is 3.91. The second-order valence-electron chi connectivity index (χ2n) is 13.7. The fourth-order valence-electron chi connectivity index (χ4n) is 8.94. The summed E-state index contributed by atoms with van der Waals surface area (Å²) in [6, 6.07) is 70.3. The Labute approximate surface area is 301 Å². The molecule has 0 N–H and O–H groups in total. The summed E-state index contributed by atoms with van der Waals surface area (Å²) in [5.41, 5.74) is 12.9. The topological polar surface area (TPSA) is 21.3 Å². The van der Waals surface area contributed by atoms with Crippen LogP contribution in [-0.2, 0) is 5.41 Å². The van der Waals surface area contributed by atoms with Crippen molar-refractivity contribution in [2.75, 3.05) is 4.90 Å². The molecule has 0 bridgehead atoms. The lowest BCUT2D eigenvalue weighted by Gasteiger charge is -2.42. The highest BCUT2D eigenvalue weighted by Crippen LogP contribution is 2.57. The summed E-state index contributed by atoms with van der Waals surface area (Å²) < 4.78 is 9.30. The number of hydrogen-bond acceptors (Lipinski definition) is 2. The van der Waals surface area contributed by atoms with Gasteiger partial charge in [-0.05, 0) is 82.9 Å². The zero-order valence-electron chi connectivity index (χ0n) is 28.3. The summed E-state index contributed by atoms with van der Waals surface area (Å²) in [4.78, 5) is 2.37. The molecule has 11 rings (SSSR count). The van der Waals surface area contributed by atoms with Crippen molar-refractivity contribution in [1.82, 2.24) is 4.57 Å². The average molecular weight is 665 g/mol. The maximum absolute atomic E-state index is 6.81. The highest BCUT2D eigenvalue weighted by molar-refractivity contribution is 6.25. The molecule has 0 aliphatic carbocycles. The Morgan fingerprint density at radius 1 is 0.442 bits per heavy atom. The van der Waals surface area contributed by atoms with Crippen LogP contribution in [0.1, 0.15) is 22.3 Å². The van der Waals surface area contributed by atoms with Crippen molar-refractivity contribution >= 4 is 60.8 Å². The van der Waals surface area contributed by atoms with Crippen LogP contribution in [-0.4, -0.2) is 4.57 Å². The highest BCUT2D eigenvalue weighted by Gasteiger charge is 2.46. The summed E-state index contributed by atoms with van der Waals surface area (Å²) in [6.07, 6.45) is 0. The monoisotopic (exact) mass is 664 g/mol. The fraction of sp³-hybridized carbons (Fsp3) is 0.0204. The molecule has 0 saturated carbocycles. The van der Waals surface area contributed by atoms with Gasteiger partial charge in [0.25, 0.3) is 0 Å². The van der Waals surface area contributed by atoms with Crippen molar-refractivity contribution in [3.05, 3.63) is 216 Å². The first-order chi connectivity index (χ1) is 25.8. The number of rotatable bonds is 5. The van der Waals surface area contributed by atoms with Gasteiger partial charge < -0.3 is 13.9 Å². The highest BCUT2D eigenvalue weighted by atomic mass is 16.3. The Morgan fingerprint density at radius 3 is 1.65 bits per heavy atom. The molecule has 0 radical (unpaired) electrons. The van der Waals surface area contributed by atoms with Gasteiger partial charge in [-0.25, -0.2) is 0 Å². The Hall–Kier alpha value is -6.84. The summed E-state index contributed by atoms with van der Waals surface area (Å²) in [7, 11) is 0. The van der Waals surface area contributed by atoms with E-state index in [2.05, 4.69) is 204 Å². The molecule has 0 fully saturated rings. The van der Waals surface area contributed by atoms with Crippen LogP contribution in [0.3, 0.4) is 0 Å². The van der Waals surface area contributed by atoms with Crippen molar-refractivity contribution in [3.63, 3.8) is 0 Å². The minimum absolute atomic E-state index is 0.665. The van der Waals surface area contributed by atoms with Crippen molar-refractivity contribution in [2.24, 2.45) is 0 Å². The number of hydrogen-bond donors (Lipinski definition) is 0. The molecule has 0 atom stereocenters. The molecule has 3 heterocycles. The van der Waals surface area contributed by atoms with Gasteiger partial charge in [-0.15, -0.1) is 0 Å². The number of benzene rings is 8. The molecule has 3 heteroatoms. The lowest BCUT2D eigenvalue weighted by Crippen LogP contribution is -2.35. The van der Waals surface area contributed by atoms with Crippen LogP contribution < -0.4 is 4.90 Å². The Morgan fingerprint density at radius 2 is 1.00 bits per heavy atom. The van der Waals surface area contributed by atoms with Crippen molar-refractivity contribution in [1.29, 1.82) is 0 Å². The van der Waals surface area contributed by atoms with Crippen LogP contribution >= 0.6 is 0 Å². The lowest BCUT2D eigenvalue weighted by molar-refractivity contribution is 0.672. The summed E-state index contributed by atoms with van der Waals surface area (Å²) in [6.45, 7) is 0. The molecular formula is C49H32N2O. The molecule has 8 aromatic carbocycles. The predicted molar refractivity (Wildman–Crippen MR) is 215 cm³/mol. The number of aromatic nitrogens is 1. The van der Waals surface area contributed by atoms with E-state index in [0.29, 0.717) is 0 Å². The third-order valence-corrected chi connectivity index (χ3v) is 11.0. The molecule has 10 aromatic rings. The van der Waals surface area contributed by atoms with Gasteiger partial charge in [0, 0.05) is 33.2 Å². The minimum atomic E-state index is -0.665. The SMILES string of the molecule is c1ccc(N(c2ccccc2)c2ccc3c(c2)C(c2ccccc2)(c2ccccc2)c2cc4c5ccccc5oc4c4c5ccccc5n-3c24)cc1. The molecule has 244 valence electrons. The van der Waals surface area contributed by atoms with Crippen LogP contribution in [0.2, 0.25) is 0 Å². The van der Waals surface area contributed by atoms with Gasteiger partial charge in [0.2, 0.25) is 0 Å². The fourth-order valence-corrected chi connectivity index (χ4v) is 8.94. The van der Waals surface area contributed by atoms with Gasteiger partial charge in [0.15, 0.2) is 0 Å². The molecule has 0 saturated heterocycles. The molecule has 52 heavy (non-hydrogen) atoms. The first-order valence-electron chi connectivity index (χ1n) is 17.9. The third-order valence-electron chi connectivity index (χ3n) is 11.0. The average Bonchev–Trinajstić information content (AvgIpc) is 3.77. The van der Waals surface area contributed by atoms with Gasteiger partial charge in [-0.2, -0.15) is 0 Å². The summed E-state index contributed by atoms with van der Waals surface area (Å²) in [5.74, 6) is 0. The number of fused-ring (bicyclic) bond motifs is 9. The standard InChI is InChI=1S/C49H32N2O/c1-5-17-33(18-6-1)49(34-19-7-2-8-20-34)41-31-37(50(35-21-9-3-10-22-35)36-23-11-4-12-24-36)29-30-44(41)51-43-27-15-13-26-39(43)46-47(51)42(49)32-40-38-25-14-16-28-45(38)52-48(40)46/h1-32H. The first kappa shape index (κ1) is 28.9. The zero-order chi connectivity index (χ0) is 34.2. The second-order valence-corrected chi connectivity index (χ2v) is 13.7. The van der Waals surface area contributed by atoms with Gasteiger partial charge in [0.1, 0.15) is 11.2 Å². The van der Waals surface area contributed by atoms with Crippen molar-refractivity contribution in [3.8, 4) is 5.69 Å². The molecular weight excluding hydrogens is 633 g/mol. The summed E-state index contributed by atoms with van der Waals surface area (Å²) in [5, 5.41) is 4.60. The first-order valence-corrected chi connectivity index (χ1v) is 17.9. The van der Waals surface area contributed by atoms with Crippen molar-refractivity contribution < 1.29 is 4.42 Å². The van der Waals surface area contributed by atoms with Gasteiger partial charge in [-0.3, -0.25) is 0 Å². The molecule has 2 aromatic heterocycles. The van der Waals surface area contributed by atoms with Crippen LogP contribution in [0.25, 0.3) is 49.4 Å². The summed E-state index contributed by atoms with van der Waals surface area (Å²) >= 11 is 0. The van der Waals surface area contributed by atoms with E-state index in [9.17, 15) is 0 Å². The normalized spacial score (nSPS) is 13.2. The smallest absolute Gasteiger partial charge is 0.145 e. The van der Waals surface area contributed by atoms with E-state index < -0.39 is 5.41 Å². The molecule has 1 aliphatic rings. The molecule has 1 aliphatic heterocycles. The van der Waals surface area contributed by atoms with Gasteiger partial charge in [0.05, 0.1) is 27.5 Å². The van der Waals surface area contributed by atoms with Crippen LogP contribution in [0.4, 0.5) is 17.1 Å².